The van der Waals surface area contributed by atoms with Crippen LogP contribution in [0.5, 0.6) is 0 Å². The van der Waals surface area contributed by atoms with E-state index in [1.807, 2.05) is 0 Å². The molecule has 0 aliphatic rings. The first-order valence-electron chi connectivity index (χ1n) is 3.37. The molecule has 11 heavy (non-hydrogen) atoms. The third kappa shape index (κ3) is 7.02. The zero-order valence-corrected chi connectivity index (χ0v) is 6.54. The molecule has 0 aliphatic carbocycles. The van der Waals surface area contributed by atoms with Crippen LogP contribution in [0.1, 0.15) is 0 Å². The van der Waals surface area contributed by atoms with Crippen molar-refractivity contribution in [1.82, 2.24) is 5.32 Å². The molecular formula is C7H13NO3. The van der Waals surface area contributed by atoms with Crippen molar-refractivity contribution in [3.8, 4) is 0 Å². The topological polar surface area (TPSA) is 58.6 Å². The van der Waals surface area contributed by atoms with Gasteiger partial charge in [0.1, 0.15) is 0 Å². The van der Waals surface area contributed by atoms with Gasteiger partial charge in [0, 0.05) is 19.2 Å². The summed E-state index contributed by atoms with van der Waals surface area (Å²) >= 11 is 0. The van der Waals surface area contributed by atoms with E-state index in [0.717, 1.165) is 0 Å². The van der Waals surface area contributed by atoms with E-state index in [2.05, 4.69) is 10.1 Å². The summed E-state index contributed by atoms with van der Waals surface area (Å²) in [5, 5.41) is 11.2. The van der Waals surface area contributed by atoms with Gasteiger partial charge in [0.2, 0.25) is 0 Å². The molecule has 0 aromatic rings. The maximum absolute atomic E-state index is 10.5. The number of hydrogen-bond acceptors (Lipinski definition) is 4. The Morgan fingerprint density at radius 3 is 3.00 bits per heavy atom. The lowest BCUT2D eigenvalue weighted by Crippen LogP contribution is -2.17. The number of aliphatic hydroxyl groups is 1. The average Bonchev–Trinajstić information content (AvgIpc) is 2.04. The molecule has 0 saturated carbocycles. The van der Waals surface area contributed by atoms with Crippen LogP contribution in [0, 0.1) is 0 Å². The van der Waals surface area contributed by atoms with E-state index >= 15 is 0 Å². The number of nitrogens with one attached hydrogen (secondary N) is 1. The first-order valence-corrected chi connectivity index (χ1v) is 3.37. The van der Waals surface area contributed by atoms with Crippen LogP contribution < -0.4 is 5.32 Å². The number of carbonyl (C=O) groups excluding carboxylic acids is 1. The summed E-state index contributed by atoms with van der Waals surface area (Å²) in [7, 11) is 1.33. The molecule has 0 aromatic heterocycles. The zero-order valence-electron chi connectivity index (χ0n) is 6.54. The number of esters is 1. The molecule has 0 aromatic carbocycles. The van der Waals surface area contributed by atoms with Gasteiger partial charge in [-0.15, -0.1) is 0 Å². The van der Waals surface area contributed by atoms with Gasteiger partial charge in [-0.05, 0) is 0 Å². The second kappa shape index (κ2) is 7.24. The third-order valence-electron chi connectivity index (χ3n) is 1.01. The summed E-state index contributed by atoms with van der Waals surface area (Å²) in [6.07, 6.45) is 2.98. The van der Waals surface area contributed by atoms with Gasteiger partial charge >= 0.3 is 5.97 Å². The minimum Gasteiger partial charge on any atom is -0.466 e. The Labute approximate surface area is 65.9 Å². The SMILES string of the molecule is COC(=O)C=CCNCCO. The van der Waals surface area contributed by atoms with E-state index in [1.165, 1.54) is 13.2 Å². The zero-order chi connectivity index (χ0) is 8.53. The molecule has 0 rings (SSSR count). The van der Waals surface area contributed by atoms with E-state index in [9.17, 15) is 4.79 Å². The molecule has 0 spiro atoms. The lowest BCUT2D eigenvalue weighted by Gasteiger charge is -1.95. The number of carbonyl (C=O) groups is 1. The van der Waals surface area contributed by atoms with Gasteiger partial charge in [0.25, 0.3) is 0 Å². The van der Waals surface area contributed by atoms with E-state index in [1.54, 1.807) is 6.08 Å². The maximum Gasteiger partial charge on any atom is 0.330 e. The molecule has 0 saturated heterocycles. The van der Waals surface area contributed by atoms with Crippen LogP contribution >= 0.6 is 0 Å². The summed E-state index contributed by atoms with van der Waals surface area (Å²) in [6, 6.07) is 0. The largest absolute Gasteiger partial charge is 0.466 e. The smallest absolute Gasteiger partial charge is 0.330 e. The minimum atomic E-state index is -0.365. The maximum atomic E-state index is 10.5. The van der Waals surface area contributed by atoms with Crippen LogP contribution in [0.4, 0.5) is 0 Å². The van der Waals surface area contributed by atoms with Crippen LogP contribution in [0.15, 0.2) is 12.2 Å². The van der Waals surface area contributed by atoms with Gasteiger partial charge in [-0.3, -0.25) is 0 Å². The highest BCUT2D eigenvalue weighted by atomic mass is 16.5. The van der Waals surface area contributed by atoms with E-state index in [4.69, 9.17) is 5.11 Å². The van der Waals surface area contributed by atoms with Gasteiger partial charge in [-0.1, -0.05) is 6.08 Å². The van der Waals surface area contributed by atoms with Crippen LogP contribution in [0.2, 0.25) is 0 Å². The normalized spacial score (nSPS) is 10.4. The molecule has 0 amide bonds. The van der Waals surface area contributed by atoms with Crippen LogP contribution in [-0.2, 0) is 9.53 Å². The van der Waals surface area contributed by atoms with Crippen molar-refractivity contribution in [2.45, 2.75) is 0 Å². The van der Waals surface area contributed by atoms with Crippen molar-refractivity contribution in [1.29, 1.82) is 0 Å². The quantitative estimate of drug-likeness (QED) is 0.316. The van der Waals surface area contributed by atoms with Crippen LogP contribution in [0.3, 0.4) is 0 Å². The first-order chi connectivity index (χ1) is 5.31. The molecule has 0 heterocycles. The fourth-order valence-corrected chi connectivity index (χ4v) is 0.488. The fourth-order valence-electron chi connectivity index (χ4n) is 0.488. The first kappa shape index (κ1) is 10.1. The highest BCUT2D eigenvalue weighted by Gasteiger charge is 1.87. The summed E-state index contributed by atoms with van der Waals surface area (Å²) in [5.41, 5.74) is 0. The fraction of sp³-hybridized carbons (Fsp3) is 0.571. The predicted molar refractivity (Wildman–Crippen MR) is 41.1 cm³/mol. The molecule has 64 valence electrons. The van der Waals surface area contributed by atoms with Crippen molar-refractivity contribution >= 4 is 5.97 Å². The Balaban J connectivity index is 3.22. The van der Waals surface area contributed by atoms with Crippen molar-refractivity contribution in [3.63, 3.8) is 0 Å². The summed E-state index contributed by atoms with van der Waals surface area (Å²) in [6.45, 7) is 1.20. The van der Waals surface area contributed by atoms with Gasteiger partial charge in [0.05, 0.1) is 13.7 Å². The Bertz CT molecular complexity index is 134. The van der Waals surface area contributed by atoms with E-state index in [-0.39, 0.29) is 12.6 Å². The van der Waals surface area contributed by atoms with Crippen molar-refractivity contribution in [2.75, 3.05) is 26.8 Å². The molecule has 0 unspecified atom stereocenters. The molecule has 0 radical (unpaired) electrons. The number of ether oxygens (including phenoxy) is 1. The Morgan fingerprint density at radius 2 is 2.45 bits per heavy atom. The van der Waals surface area contributed by atoms with Gasteiger partial charge in [0.15, 0.2) is 0 Å². The number of rotatable bonds is 5. The number of aliphatic hydroxyl groups excluding tert-OH is 1. The van der Waals surface area contributed by atoms with Crippen molar-refractivity contribution < 1.29 is 14.6 Å². The predicted octanol–water partition coefficient (Wildman–Crippen LogP) is -0.703. The summed E-state index contributed by atoms with van der Waals surface area (Å²) in [4.78, 5) is 10.5. The van der Waals surface area contributed by atoms with Crippen LogP contribution in [-0.4, -0.2) is 37.9 Å². The summed E-state index contributed by atoms with van der Waals surface area (Å²) < 4.78 is 4.35. The molecular weight excluding hydrogens is 146 g/mol. The standard InChI is InChI=1S/C7H13NO3/c1-11-7(10)3-2-4-8-5-6-9/h2-3,8-9H,4-6H2,1H3. The molecule has 4 heteroatoms. The van der Waals surface area contributed by atoms with Crippen molar-refractivity contribution in [3.05, 3.63) is 12.2 Å². The van der Waals surface area contributed by atoms with Crippen molar-refractivity contribution in [2.24, 2.45) is 0 Å². The van der Waals surface area contributed by atoms with Gasteiger partial charge < -0.3 is 15.2 Å². The average molecular weight is 159 g/mol. The Kier molecular flexibility index (Phi) is 6.67. The monoisotopic (exact) mass is 159 g/mol. The lowest BCUT2D eigenvalue weighted by atomic mass is 10.5. The molecule has 0 bridgehead atoms. The Hall–Kier alpha value is -0.870. The van der Waals surface area contributed by atoms with Gasteiger partial charge in [-0.2, -0.15) is 0 Å². The minimum absolute atomic E-state index is 0.103. The second-order valence-electron chi connectivity index (χ2n) is 1.85. The third-order valence-corrected chi connectivity index (χ3v) is 1.01. The lowest BCUT2D eigenvalue weighted by molar-refractivity contribution is -0.134. The second-order valence-corrected chi connectivity index (χ2v) is 1.85. The molecule has 0 atom stereocenters. The number of hydrogen-bond donors (Lipinski definition) is 2. The highest BCUT2D eigenvalue weighted by molar-refractivity contribution is 5.81. The molecule has 0 fully saturated rings. The highest BCUT2D eigenvalue weighted by Crippen LogP contribution is 1.75. The van der Waals surface area contributed by atoms with E-state index in [0.29, 0.717) is 13.1 Å². The van der Waals surface area contributed by atoms with Gasteiger partial charge in [-0.25, -0.2) is 4.79 Å². The van der Waals surface area contributed by atoms with E-state index < -0.39 is 0 Å². The molecule has 2 N–H and O–H groups in total. The Morgan fingerprint density at radius 1 is 1.73 bits per heavy atom. The summed E-state index contributed by atoms with van der Waals surface area (Å²) in [5.74, 6) is -0.365. The van der Waals surface area contributed by atoms with Crippen LogP contribution in [0.25, 0.3) is 0 Å². The number of methoxy groups -OCH3 is 1. The molecule has 0 aliphatic heterocycles. The molecule has 4 nitrogen and oxygen atoms in total.